The Morgan fingerprint density at radius 2 is 2.31 bits per heavy atom. The number of nitrogens with zero attached hydrogens (tertiary/aromatic N) is 3. The van der Waals surface area contributed by atoms with Gasteiger partial charge in [0.05, 0.1) is 17.8 Å². The minimum absolute atomic E-state index is 0.562. The lowest BCUT2D eigenvalue weighted by Crippen LogP contribution is -2.31. The SMILES string of the molecule is CCSc1nsnc1C1CCC2CCN1C2. The molecule has 2 aliphatic heterocycles. The van der Waals surface area contributed by atoms with Gasteiger partial charge in [-0.25, -0.2) is 0 Å². The van der Waals surface area contributed by atoms with E-state index in [-0.39, 0.29) is 0 Å². The van der Waals surface area contributed by atoms with Crippen LogP contribution in [0.4, 0.5) is 0 Å². The van der Waals surface area contributed by atoms with E-state index in [1.807, 2.05) is 11.8 Å². The van der Waals surface area contributed by atoms with Crippen molar-refractivity contribution in [3.63, 3.8) is 0 Å². The molecule has 5 heteroatoms. The van der Waals surface area contributed by atoms with Gasteiger partial charge in [0.1, 0.15) is 10.7 Å². The predicted octanol–water partition coefficient (Wildman–Crippen LogP) is 2.81. The van der Waals surface area contributed by atoms with E-state index in [0.29, 0.717) is 6.04 Å². The topological polar surface area (TPSA) is 29.0 Å². The van der Waals surface area contributed by atoms with Gasteiger partial charge in [-0.3, -0.25) is 4.90 Å². The minimum atomic E-state index is 0.562. The highest BCUT2D eigenvalue weighted by Crippen LogP contribution is 2.41. The predicted molar refractivity (Wildman–Crippen MR) is 68.0 cm³/mol. The molecule has 0 aromatic carbocycles. The van der Waals surface area contributed by atoms with Gasteiger partial charge in [0.15, 0.2) is 0 Å². The summed E-state index contributed by atoms with van der Waals surface area (Å²) < 4.78 is 8.97. The number of fused-ring (bicyclic) bond motifs is 2. The summed E-state index contributed by atoms with van der Waals surface area (Å²) in [5.41, 5.74) is 1.26. The van der Waals surface area contributed by atoms with Crippen LogP contribution in [0.2, 0.25) is 0 Å². The van der Waals surface area contributed by atoms with E-state index in [2.05, 4.69) is 20.6 Å². The number of hydrogen-bond donors (Lipinski definition) is 0. The molecule has 0 N–H and O–H groups in total. The van der Waals surface area contributed by atoms with Crippen molar-refractivity contribution >= 4 is 23.5 Å². The molecular formula is C11H17N3S2. The molecule has 88 valence electrons. The van der Waals surface area contributed by atoms with Crippen LogP contribution in [0.25, 0.3) is 0 Å². The lowest BCUT2D eigenvalue weighted by molar-refractivity contribution is 0.177. The molecule has 0 spiro atoms. The molecule has 1 aromatic heterocycles. The number of rotatable bonds is 3. The molecule has 16 heavy (non-hydrogen) atoms. The number of thioether (sulfide) groups is 1. The summed E-state index contributed by atoms with van der Waals surface area (Å²) in [5.74, 6) is 2.05. The fourth-order valence-electron chi connectivity index (χ4n) is 2.89. The van der Waals surface area contributed by atoms with Crippen molar-refractivity contribution in [2.75, 3.05) is 18.8 Å². The largest absolute Gasteiger partial charge is 0.294 e. The van der Waals surface area contributed by atoms with Crippen molar-refractivity contribution in [3.8, 4) is 0 Å². The molecule has 3 rings (SSSR count). The van der Waals surface area contributed by atoms with Crippen LogP contribution >= 0.6 is 23.5 Å². The van der Waals surface area contributed by atoms with E-state index in [1.165, 1.54) is 54.8 Å². The average Bonchev–Trinajstić information content (AvgIpc) is 2.89. The third kappa shape index (κ3) is 1.89. The van der Waals surface area contributed by atoms with Gasteiger partial charge in [0, 0.05) is 6.54 Å². The molecule has 3 atom stereocenters. The molecule has 1 aromatic rings. The summed E-state index contributed by atoms with van der Waals surface area (Å²) in [5, 5.41) is 1.18. The normalized spacial score (nSPS) is 33.2. The second-order valence-electron chi connectivity index (χ2n) is 4.63. The van der Waals surface area contributed by atoms with Crippen LogP contribution in [-0.2, 0) is 0 Å². The van der Waals surface area contributed by atoms with Gasteiger partial charge in [0.25, 0.3) is 0 Å². The maximum absolute atomic E-state index is 4.54. The number of aromatic nitrogens is 2. The standard InChI is InChI=1S/C11H17N3S2/c1-2-15-11-10(12-16-13-11)9-4-3-8-5-6-14(9)7-8/h8-9H,2-7H2,1H3. The summed E-state index contributed by atoms with van der Waals surface area (Å²) in [6.45, 7) is 4.74. The van der Waals surface area contributed by atoms with Gasteiger partial charge in [-0.2, -0.15) is 8.75 Å². The molecule has 3 nitrogen and oxygen atoms in total. The van der Waals surface area contributed by atoms with Crippen LogP contribution in [0, 0.1) is 5.92 Å². The monoisotopic (exact) mass is 255 g/mol. The van der Waals surface area contributed by atoms with Crippen LogP contribution in [0.15, 0.2) is 5.03 Å². The van der Waals surface area contributed by atoms with Gasteiger partial charge in [0.2, 0.25) is 0 Å². The Morgan fingerprint density at radius 1 is 1.38 bits per heavy atom. The molecule has 2 bridgehead atoms. The molecule has 3 unspecified atom stereocenters. The lowest BCUT2D eigenvalue weighted by atomic mass is 9.95. The lowest BCUT2D eigenvalue weighted by Gasteiger charge is -2.31. The smallest absolute Gasteiger partial charge is 0.135 e. The highest BCUT2D eigenvalue weighted by atomic mass is 32.2. The zero-order valence-corrected chi connectivity index (χ0v) is 11.2. The molecule has 0 aliphatic carbocycles. The second kappa shape index (κ2) is 4.63. The number of hydrogen-bond acceptors (Lipinski definition) is 5. The van der Waals surface area contributed by atoms with Crippen LogP contribution in [0.3, 0.4) is 0 Å². The third-order valence-corrected chi connectivity index (χ3v) is 5.21. The molecule has 2 fully saturated rings. The Morgan fingerprint density at radius 3 is 3.19 bits per heavy atom. The summed E-state index contributed by atoms with van der Waals surface area (Å²) in [6, 6.07) is 0.562. The minimum Gasteiger partial charge on any atom is -0.294 e. The first-order valence-electron chi connectivity index (χ1n) is 6.07. The fraction of sp³-hybridized carbons (Fsp3) is 0.818. The molecule has 3 heterocycles. The Kier molecular flexibility index (Phi) is 3.18. The fourth-order valence-corrected chi connectivity index (χ4v) is 4.37. The molecule has 2 aliphatic rings. The number of piperidine rings is 1. The van der Waals surface area contributed by atoms with E-state index in [1.54, 1.807) is 0 Å². The summed E-state index contributed by atoms with van der Waals surface area (Å²) in [6.07, 6.45) is 4.06. The summed E-state index contributed by atoms with van der Waals surface area (Å²) in [7, 11) is 0. The Labute approximate surface area is 105 Å². The molecule has 2 saturated heterocycles. The van der Waals surface area contributed by atoms with E-state index in [0.717, 1.165) is 11.7 Å². The van der Waals surface area contributed by atoms with Crippen molar-refractivity contribution < 1.29 is 0 Å². The highest BCUT2D eigenvalue weighted by Gasteiger charge is 2.36. The highest BCUT2D eigenvalue weighted by molar-refractivity contribution is 7.99. The van der Waals surface area contributed by atoms with Crippen LogP contribution in [-0.4, -0.2) is 32.5 Å². The zero-order valence-electron chi connectivity index (χ0n) is 9.56. The van der Waals surface area contributed by atoms with Gasteiger partial charge < -0.3 is 0 Å². The second-order valence-corrected chi connectivity index (χ2v) is 6.41. The first-order chi connectivity index (χ1) is 7.88. The molecule has 0 amide bonds. The van der Waals surface area contributed by atoms with E-state index in [9.17, 15) is 0 Å². The van der Waals surface area contributed by atoms with Crippen LogP contribution in [0.1, 0.15) is 37.9 Å². The Balaban J connectivity index is 1.82. The first kappa shape index (κ1) is 11.0. The molecule has 0 radical (unpaired) electrons. The Hall–Kier alpha value is -0.130. The van der Waals surface area contributed by atoms with Crippen molar-refractivity contribution in [2.45, 2.75) is 37.3 Å². The maximum Gasteiger partial charge on any atom is 0.135 e. The van der Waals surface area contributed by atoms with Crippen LogP contribution < -0.4 is 0 Å². The van der Waals surface area contributed by atoms with Crippen LogP contribution in [0.5, 0.6) is 0 Å². The van der Waals surface area contributed by atoms with Gasteiger partial charge in [-0.05, 0) is 37.5 Å². The first-order valence-corrected chi connectivity index (χ1v) is 7.79. The van der Waals surface area contributed by atoms with Gasteiger partial charge in [-0.1, -0.05) is 6.92 Å². The maximum atomic E-state index is 4.54. The van der Waals surface area contributed by atoms with Crippen molar-refractivity contribution in [2.24, 2.45) is 5.92 Å². The van der Waals surface area contributed by atoms with E-state index in [4.69, 9.17) is 0 Å². The van der Waals surface area contributed by atoms with E-state index < -0.39 is 0 Å². The van der Waals surface area contributed by atoms with Gasteiger partial charge in [-0.15, -0.1) is 11.8 Å². The van der Waals surface area contributed by atoms with Crippen molar-refractivity contribution in [1.29, 1.82) is 0 Å². The third-order valence-electron chi connectivity index (χ3n) is 3.69. The van der Waals surface area contributed by atoms with Crippen molar-refractivity contribution in [1.82, 2.24) is 13.6 Å². The zero-order chi connectivity index (χ0) is 11.0. The van der Waals surface area contributed by atoms with E-state index >= 15 is 0 Å². The Bertz CT molecular complexity index is 366. The molecular weight excluding hydrogens is 238 g/mol. The summed E-state index contributed by atoms with van der Waals surface area (Å²) in [4.78, 5) is 2.62. The average molecular weight is 255 g/mol. The molecule has 0 saturated carbocycles. The summed E-state index contributed by atoms with van der Waals surface area (Å²) >= 11 is 3.22. The van der Waals surface area contributed by atoms with Gasteiger partial charge >= 0.3 is 0 Å². The van der Waals surface area contributed by atoms with Crippen molar-refractivity contribution in [3.05, 3.63) is 5.69 Å². The quantitative estimate of drug-likeness (QED) is 0.777.